The molecule has 0 N–H and O–H groups in total. The number of nitrogens with zero attached hydrogens (tertiary/aromatic N) is 2. The minimum Gasteiger partial charge on any atom is -0.489 e. The molecule has 33 heavy (non-hydrogen) atoms. The van der Waals surface area contributed by atoms with E-state index in [4.69, 9.17) is 16.3 Å². The first-order valence-electron chi connectivity index (χ1n) is 10.4. The molecule has 0 saturated heterocycles. The van der Waals surface area contributed by atoms with Crippen LogP contribution in [0.5, 0.6) is 5.75 Å². The zero-order valence-corrected chi connectivity index (χ0v) is 21.7. The van der Waals surface area contributed by atoms with Crippen LogP contribution in [0.1, 0.15) is 5.56 Å². The summed E-state index contributed by atoms with van der Waals surface area (Å²) in [7, 11) is -0.0703. The third kappa shape index (κ3) is 4.68. The van der Waals surface area contributed by atoms with E-state index in [0.717, 1.165) is 11.1 Å². The first-order valence-corrected chi connectivity index (χ1v) is 13.0. The Morgan fingerprint density at radius 3 is 2.42 bits per heavy atom. The molecule has 8 heteroatoms. The molecule has 0 spiro atoms. The summed E-state index contributed by atoms with van der Waals surface area (Å²) in [5, 5.41) is 1.15. The Morgan fingerprint density at radius 2 is 1.76 bits per heavy atom. The van der Waals surface area contributed by atoms with E-state index in [0.29, 0.717) is 45.0 Å². The summed E-state index contributed by atoms with van der Waals surface area (Å²) >= 11 is 9.78. The van der Waals surface area contributed by atoms with Crippen molar-refractivity contribution in [2.45, 2.75) is 11.8 Å². The SMILES string of the molecule is Cc1ccc(S(=O)(=O)n2c(-c3ccccc3)c(OCCN(C)C)c3cc(Cl)ccc32)c(Br)c1. The van der Waals surface area contributed by atoms with E-state index in [9.17, 15) is 8.42 Å². The number of ether oxygens (including phenoxy) is 1. The van der Waals surface area contributed by atoms with E-state index in [1.54, 1.807) is 36.4 Å². The molecule has 0 bridgehead atoms. The number of aryl methyl sites for hydroxylation is 1. The van der Waals surface area contributed by atoms with Gasteiger partial charge in [0, 0.05) is 27.0 Å². The molecule has 0 fully saturated rings. The second-order valence-electron chi connectivity index (χ2n) is 8.06. The second-order valence-corrected chi connectivity index (χ2v) is 11.1. The quantitative estimate of drug-likeness (QED) is 0.276. The van der Waals surface area contributed by atoms with Crippen molar-refractivity contribution in [2.75, 3.05) is 27.2 Å². The van der Waals surface area contributed by atoms with Gasteiger partial charge in [-0.3, -0.25) is 0 Å². The second kappa shape index (κ2) is 9.50. The molecule has 3 aromatic carbocycles. The van der Waals surface area contributed by atoms with E-state index in [-0.39, 0.29) is 4.90 Å². The molecule has 0 amide bonds. The van der Waals surface area contributed by atoms with Gasteiger partial charge in [0.1, 0.15) is 17.2 Å². The van der Waals surface area contributed by atoms with Crippen molar-refractivity contribution in [3.05, 3.63) is 81.8 Å². The number of likely N-dealkylation sites (N-methyl/N-ethyl adjacent to an activating group) is 1. The van der Waals surface area contributed by atoms with Gasteiger partial charge in [-0.05, 0) is 72.8 Å². The Hall–Kier alpha value is -2.32. The maximum atomic E-state index is 14.1. The number of hydrogen-bond donors (Lipinski definition) is 0. The minimum atomic E-state index is -3.99. The minimum absolute atomic E-state index is 0.178. The van der Waals surface area contributed by atoms with Crippen molar-refractivity contribution in [1.82, 2.24) is 8.87 Å². The molecule has 0 aliphatic heterocycles. The molecular formula is C25H24BrClN2O3S. The molecule has 0 unspecified atom stereocenters. The summed E-state index contributed by atoms with van der Waals surface area (Å²) in [6, 6.07) is 19.8. The van der Waals surface area contributed by atoms with Crippen molar-refractivity contribution in [1.29, 1.82) is 0 Å². The Labute approximate surface area is 207 Å². The monoisotopic (exact) mass is 546 g/mol. The average Bonchev–Trinajstić information content (AvgIpc) is 3.08. The van der Waals surface area contributed by atoms with Gasteiger partial charge >= 0.3 is 0 Å². The van der Waals surface area contributed by atoms with E-state index < -0.39 is 10.0 Å². The van der Waals surface area contributed by atoms with Crippen molar-refractivity contribution >= 4 is 48.5 Å². The van der Waals surface area contributed by atoms with Crippen molar-refractivity contribution in [2.24, 2.45) is 0 Å². The highest BCUT2D eigenvalue weighted by molar-refractivity contribution is 9.10. The molecule has 1 aromatic heterocycles. The fourth-order valence-corrected chi connectivity index (χ4v) is 6.56. The van der Waals surface area contributed by atoms with Crippen LogP contribution in [0.25, 0.3) is 22.2 Å². The predicted molar refractivity (Wildman–Crippen MR) is 138 cm³/mol. The van der Waals surface area contributed by atoms with Gasteiger partial charge in [0.05, 0.1) is 5.52 Å². The lowest BCUT2D eigenvalue weighted by Crippen LogP contribution is -2.20. The molecule has 0 aliphatic carbocycles. The van der Waals surface area contributed by atoms with Crippen molar-refractivity contribution in [3.63, 3.8) is 0 Å². The van der Waals surface area contributed by atoms with Gasteiger partial charge in [-0.15, -0.1) is 0 Å². The molecule has 1 heterocycles. The topological polar surface area (TPSA) is 51.5 Å². The summed E-state index contributed by atoms with van der Waals surface area (Å²) in [5.41, 5.74) is 2.67. The Kier molecular flexibility index (Phi) is 6.86. The highest BCUT2D eigenvalue weighted by atomic mass is 79.9. The summed E-state index contributed by atoms with van der Waals surface area (Å²) in [6.07, 6.45) is 0. The Morgan fingerprint density at radius 1 is 1.03 bits per heavy atom. The Balaban J connectivity index is 2.06. The third-order valence-corrected chi connectivity index (χ3v) is 8.20. The number of hydrogen-bond acceptors (Lipinski definition) is 4. The molecule has 0 saturated carbocycles. The molecule has 5 nitrogen and oxygen atoms in total. The van der Waals surface area contributed by atoms with E-state index >= 15 is 0 Å². The average molecular weight is 548 g/mol. The van der Waals surface area contributed by atoms with Crippen molar-refractivity contribution < 1.29 is 13.2 Å². The number of benzene rings is 3. The summed E-state index contributed by atoms with van der Waals surface area (Å²) in [6.45, 7) is 2.99. The van der Waals surface area contributed by atoms with E-state index in [1.807, 2.05) is 56.3 Å². The number of aromatic nitrogens is 1. The highest BCUT2D eigenvalue weighted by Crippen LogP contribution is 2.43. The molecular weight excluding hydrogens is 524 g/mol. The van der Waals surface area contributed by atoms with Crippen LogP contribution in [0.4, 0.5) is 0 Å². The molecule has 4 aromatic rings. The van der Waals surface area contributed by atoms with Crippen LogP contribution >= 0.6 is 27.5 Å². The van der Waals surface area contributed by atoms with E-state index in [2.05, 4.69) is 15.9 Å². The molecule has 0 aliphatic rings. The lowest BCUT2D eigenvalue weighted by molar-refractivity contribution is 0.264. The zero-order chi connectivity index (χ0) is 23.8. The maximum absolute atomic E-state index is 14.1. The zero-order valence-electron chi connectivity index (χ0n) is 18.5. The first kappa shape index (κ1) is 23.8. The van der Waals surface area contributed by atoms with Crippen LogP contribution in [0, 0.1) is 6.92 Å². The van der Waals surface area contributed by atoms with E-state index in [1.165, 1.54) is 3.97 Å². The number of rotatable bonds is 7. The predicted octanol–water partition coefficient (Wildman–Crippen LogP) is 6.21. The Bertz CT molecular complexity index is 1420. The van der Waals surface area contributed by atoms with Crippen LogP contribution in [-0.2, 0) is 10.0 Å². The van der Waals surface area contributed by atoms with Crippen LogP contribution in [0.3, 0.4) is 0 Å². The van der Waals surface area contributed by atoms with Crippen LogP contribution in [-0.4, -0.2) is 44.5 Å². The molecule has 4 rings (SSSR count). The fourth-order valence-electron chi connectivity index (χ4n) is 3.69. The normalized spacial score (nSPS) is 11.9. The smallest absolute Gasteiger partial charge is 0.269 e. The van der Waals surface area contributed by atoms with Crippen LogP contribution in [0.15, 0.2) is 76.1 Å². The lowest BCUT2D eigenvalue weighted by atomic mass is 10.1. The first-order chi connectivity index (χ1) is 15.7. The van der Waals surface area contributed by atoms with Gasteiger partial charge in [-0.1, -0.05) is 48.0 Å². The van der Waals surface area contributed by atoms with Gasteiger partial charge in [0.15, 0.2) is 5.75 Å². The van der Waals surface area contributed by atoms with Gasteiger partial charge in [0.25, 0.3) is 10.0 Å². The maximum Gasteiger partial charge on any atom is 0.269 e. The van der Waals surface area contributed by atoms with Gasteiger partial charge in [0.2, 0.25) is 0 Å². The van der Waals surface area contributed by atoms with Crippen molar-refractivity contribution in [3.8, 4) is 17.0 Å². The third-order valence-electron chi connectivity index (χ3n) is 5.28. The highest BCUT2D eigenvalue weighted by Gasteiger charge is 2.30. The van der Waals surface area contributed by atoms with Crippen LogP contribution in [0.2, 0.25) is 5.02 Å². The standard InChI is InChI=1S/C25H24BrClN2O3S/c1-17-9-12-23(21(26)15-17)33(30,31)29-22-11-10-19(27)16-20(22)25(32-14-13-28(2)3)24(29)18-7-5-4-6-8-18/h4-12,15-16H,13-14H2,1-3H3. The fraction of sp³-hybridized carbons (Fsp3) is 0.200. The van der Waals surface area contributed by atoms with Gasteiger partial charge < -0.3 is 9.64 Å². The number of halogens is 2. The summed E-state index contributed by atoms with van der Waals surface area (Å²) in [4.78, 5) is 2.19. The largest absolute Gasteiger partial charge is 0.489 e. The lowest BCUT2D eigenvalue weighted by Gasteiger charge is -2.16. The molecule has 172 valence electrons. The number of fused-ring (bicyclic) bond motifs is 1. The van der Waals surface area contributed by atoms with Gasteiger partial charge in [-0.2, -0.15) is 0 Å². The van der Waals surface area contributed by atoms with Crippen LogP contribution < -0.4 is 4.74 Å². The summed E-state index contributed by atoms with van der Waals surface area (Å²) < 4.78 is 36.3. The molecule has 0 radical (unpaired) electrons. The summed E-state index contributed by atoms with van der Waals surface area (Å²) in [5.74, 6) is 0.493. The molecule has 0 atom stereocenters. The van der Waals surface area contributed by atoms with Gasteiger partial charge in [-0.25, -0.2) is 12.4 Å².